The first kappa shape index (κ1) is 73.9. The highest BCUT2D eigenvalue weighted by Gasteiger charge is 2.30. The van der Waals surface area contributed by atoms with Crippen LogP contribution in [0.2, 0.25) is 0 Å². The van der Waals surface area contributed by atoms with Crippen molar-refractivity contribution >= 4 is 19.7 Å². The molecule has 0 saturated heterocycles. The Bertz CT molecular complexity index is 1640. The predicted octanol–water partition coefficient (Wildman–Crippen LogP) is 19.6. The van der Waals surface area contributed by atoms with Gasteiger partial charge in [0.25, 0.3) is 0 Å². The summed E-state index contributed by atoms with van der Waals surface area (Å²) in [5.41, 5.74) is 0. The van der Waals surface area contributed by atoms with E-state index in [1.807, 2.05) is 33.3 Å². The van der Waals surface area contributed by atoms with Crippen molar-refractivity contribution in [3.63, 3.8) is 0 Å². The number of phosphoric acid groups is 1. The standard InChI is InChI=1S/C67H119N2O7P/c1-7-10-13-16-19-22-25-28-30-31-32-33-34-35-36-37-39-41-44-47-50-53-56-59-66(70)68-64(63-75-77(72,73)74-62-61-69(4,5)6)65(58-55-52-49-46-43-40-27-24-21-18-15-12-9-3)76-67(71)60-57-54-51-48-45-42-38-29-26-23-20-17-14-11-8-2/h10,13,19,22-23,26,28,30,32-33,35-36,39,41,55,58,64-65H,7-9,11-12,14-18,20-21,24-25,27,29,31,34,37-38,40,42-54,56-57,59-63H2,1-6H3,(H-,68,70,72,73)/p+1/b13-10-,22-19-,26-23-,30-28-,33-32-,36-35-,41-39-,58-55-. The molecule has 0 fully saturated rings. The fraction of sp³-hybridized carbons (Fsp3) is 0.731. The minimum absolute atomic E-state index is 0.0300. The largest absolute Gasteiger partial charge is 0.472 e. The van der Waals surface area contributed by atoms with Crippen molar-refractivity contribution in [2.75, 3.05) is 40.9 Å². The number of rotatable bonds is 56. The van der Waals surface area contributed by atoms with E-state index in [2.05, 4.69) is 111 Å². The fourth-order valence-electron chi connectivity index (χ4n) is 8.64. The van der Waals surface area contributed by atoms with Gasteiger partial charge in [0.15, 0.2) is 0 Å². The molecular weight excluding hydrogens is 976 g/mol. The molecule has 0 bridgehead atoms. The SMILES string of the molecule is CC/C=C\C/C=C\C/C=C\C/C=C\C/C=C\C/C=C\CCCCCCC(=O)NC(COP(=O)(O)OCC[N+](C)(C)C)C(/C=C\CCCCCCCCCCCCC)OC(=O)CCCCCCCCC/C=C\CCCCCC. The average molecular weight is 1100 g/mol. The second-order valence-electron chi connectivity index (χ2n) is 22.2. The molecule has 3 atom stereocenters. The summed E-state index contributed by atoms with van der Waals surface area (Å²) in [5.74, 6) is -0.541. The van der Waals surface area contributed by atoms with Crippen molar-refractivity contribution < 1.29 is 37.3 Å². The third-order valence-corrected chi connectivity index (χ3v) is 14.5. The predicted molar refractivity (Wildman–Crippen MR) is 332 cm³/mol. The summed E-state index contributed by atoms with van der Waals surface area (Å²) in [6.07, 6.45) is 75.4. The van der Waals surface area contributed by atoms with E-state index in [1.54, 1.807) is 0 Å². The van der Waals surface area contributed by atoms with E-state index in [4.69, 9.17) is 13.8 Å². The number of amides is 1. The van der Waals surface area contributed by atoms with Crippen LogP contribution in [0.5, 0.6) is 0 Å². The van der Waals surface area contributed by atoms with Crippen LogP contribution in [0.1, 0.15) is 265 Å². The minimum Gasteiger partial charge on any atom is -0.456 e. The van der Waals surface area contributed by atoms with Crippen molar-refractivity contribution in [3.8, 4) is 0 Å². The van der Waals surface area contributed by atoms with Crippen LogP contribution >= 0.6 is 7.82 Å². The molecule has 10 heteroatoms. The van der Waals surface area contributed by atoms with Crippen LogP contribution in [-0.2, 0) is 27.9 Å². The summed E-state index contributed by atoms with van der Waals surface area (Å²) >= 11 is 0. The van der Waals surface area contributed by atoms with Crippen LogP contribution in [-0.4, -0.2) is 74.3 Å². The molecule has 444 valence electrons. The van der Waals surface area contributed by atoms with Gasteiger partial charge >= 0.3 is 13.8 Å². The Kier molecular flexibility index (Phi) is 54.0. The van der Waals surface area contributed by atoms with Gasteiger partial charge in [0.2, 0.25) is 5.91 Å². The van der Waals surface area contributed by atoms with Crippen molar-refractivity contribution in [2.24, 2.45) is 0 Å². The zero-order valence-corrected chi connectivity index (χ0v) is 51.6. The highest BCUT2D eigenvalue weighted by molar-refractivity contribution is 7.47. The quantitative estimate of drug-likeness (QED) is 0.0205. The zero-order valence-electron chi connectivity index (χ0n) is 50.7. The Morgan fingerprint density at radius 1 is 0.468 bits per heavy atom. The Morgan fingerprint density at radius 3 is 1.27 bits per heavy atom. The lowest BCUT2D eigenvalue weighted by Gasteiger charge is -2.27. The topological polar surface area (TPSA) is 111 Å². The maximum atomic E-state index is 13.6. The van der Waals surface area contributed by atoms with E-state index in [9.17, 15) is 19.0 Å². The van der Waals surface area contributed by atoms with Gasteiger partial charge in [-0.2, -0.15) is 0 Å². The number of phosphoric ester groups is 1. The van der Waals surface area contributed by atoms with Gasteiger partial charge in [-0.25, -0.2) is 4.57 Å². The number of carbonyl (C=O) groups is 2. The third kappa shape index (κ3) is 57.4. The molecule has 0 heterocycles. The van der Waals surface area contributed by atoms with E-state index in [1.165, 1.54) is 109 Å². The molecule has 0 spiro atoms. The molecule has 0 aliphatic heterocycles. The molecule has 77 heavy (non-hydrogen) atoms. The van der Waals surface area contributed by atoms with Crippen LogP contribution in [0.4, 0.5) is 0 Å². The number of quaternary nitrogens is 1. The first-order chi connectivity index (χ1) is 37.4. The van der Waals surface area contributed by atoms with Gasteiger partial charge in [0.1, 0.15) is 19.3 Å². The summed E-state index contributed by atoms with van der Waals surface area (Å²) in [6.45, 7) is 6.86. The van der Waals surface area contributed by atoms with Crippen LogP contribution in [0.25, 0.3) is 0 Å². The lowest BCUT2D eigenvalue weighted by atomic mass is 10.0. The molecule has 1 amide bonds. The second-order valence-corrected chi connectivity index (χ2v) is 23.6. The molecular formula is C67H120N2O7P+. The molecule has 0 saturated carbocycles. The smallest absolute Gasteiger partial charge is 0.456 e. The van der Waals surface area contributed by atoms with Crippen molar-refractivity contribution in [1.82, 2.24) is 5.32 Å². The van der Waals surface area contributed by atoms with Gasteiger partial charge in [-0.3, -0.25) is 18.6 Å². The number of nitrogens with one attached hydrogen (secondary N) is 1. The van der Waals surface area contributed by atoms with Crippen molar-refractivity contribution in [1.29, 1.82) is 0 Å². The molecule has 0 aromatic rings. The van der Waals surface area contributed by atoms with E-state index in [0.29, 0.717) is 23.9 Å². The molecule has 0 rings (SSSR count). The van der Waals surface area contributed by atoms with Gasteiger partial charge in [-0.15, -0.1) is 0 Å². The van der Waals surface area contributed by atoms with Crippen LogP contribution < -0.4 is 5.32 Å². The first-order valence-corrected chi connectivity index (χ1v) is 33.1. The van der Waals surface area contributed by atoms with Gasteiger partial charge < -0.3 is 19.4 Å². The number of hydrogen-bond acceptors (Lipinski definition) is 6. The van der Waals surface area contributed by atoms with Gasteiger partial charge in [-0.1, -0.05) is 240 Å². The molecule has 0 aliphatic rings. The van der Waals surface area contributed by atoms with E-state index in [-0.39, 0.29) is 31.5 Å². The zero-order chi connectivity index (χ0) is 56.4. The Morgan fingerprint density at radius 2 is 0.831 bits per heavy atom. The summed E-state index contributed by atoms with van der Waals surface area (Å²) < 4.78 is 30.7. The Labute approximate surface area is 475 Å². The summed E-state index contributed by atoms with van der Waals surface area (Å²) in [7, 11) is 1.47. The van der Waals surface area contributed by atoms with Crippen molar-refractivity contribution in [2.45, 2.75) is 277 Å². The summed E-state index contributed by atoms with van der Waals surface area (Å²) in [6, 6.07) is -0.869. The number of esters is 1. The maximum Gasteiger partial charge on any atom is 0.472 e. The third-order valence-electron chi connectivity index (χ3n) is 13.5. The molecule has 0 aromatic heterocycles. The number of hydrogen-bond donors (Lipinski definition) is 2. The lowest BCUT2D eigenvalue weighted by Crippen LogP contribution is -2.47. The number of carbonyl (C=O) groups excluding carboxylic acids is 2. The Balaban J connectivity index is 5.31. The number of nitrogens with zero attached hydrogens (tertiary/aromatic N) is 1. The van der Waals surface area contributed by atoms with E-state index >= 15 is 0 Å². The second kappa shape index (κ2) is 56.2. The molecule has 9 nitrogen and oxygen atoms in total. The van der Waals surface area contributed by atoms with Crippen LogP contribution in [0.15, 0.2) is 97.2 Å². The van der Waals surface area contributed by atoms with Crippen molar-refractivity contribution in [3.05, 3.63) is 97.2 Å². The highest BCUT2D eigenvalue weighted by atomic mass is 31.2. The maximum absolute atomic E-state index is 13.6. The molecule has 3 unspecified atom stereocenters. The molecule has 0 aliphatic carbocycles. The van der Waals surface area contributed by atoms with E-state index in [0.717, 1.165) is 116 Å². The molecule has 2 N–H and O–H groups in total. The normalized spacial score (nSPS) is 14.3. The van der Waals surface area contributed by atoms with Gasteiger partial charge in [0, 0.05) is 12.8 Å². The van der Waals surface area contributed by atoms with E-state index < -0.39 is 20.0 Å². The van der Waals surface area contributed by atoms with Gasteiger partial charge in [0.05, 0.1) is 33.8 Å². The highest BCUT2D eigenvalue weighted by Crippen LogP contribution is 2.43. The fourth-order valence-corrected chi connectivity index (χ4v) is 9.38. The minimum atomic E-state index is -4.46. The molecule has 0 radical (unpaired) electrons. The van der Waals surface area contributed by atoms with Crippen LogP contribution in [0.3, 0.4) is 0 Å². The number of allylic oxidation sites excluding steroid dienone is 15. The number of unbranched alkanes of at least 4 members (excludes halogenated alkanes) is 26. The van der Waals surface area contributed by atoms with Gasteiger partial charge in [-0.05, 0) is 109 Å². The summed E-state index contributed by atoms with van der Waals surface area (Å²) in [5, 5.41) is 3.04. The summed E-state index contributed by atoms with van der Waals surface area (Å²) in [4.78, 5) is 37.7. The Hall–Kier alpha value is -3.07. The average Bonchev–Trinajstić information content (AvgIpc) is 3.39. The number of likely N-dealkylation sites (N-methyl/N-ethyl adjacent to an activating group) is 1. The number of ether oxygens (including phenoxy) is 1. The lowest BCUT2D eigenvalue weighted by molar-refractivity contribution is -0.870. The first-order valence-electron chi connectivity index (χ1n) is 31.6. The van der Waals surface area contributed by atoms with Crippen LogP contribution in [0, 0.1) is 0 Å². The monoisotopic (exact) mass is 1100 g/mol. The molecule has 0 aromatic carbocycles.